The number of benzene rings is 12. The van der Waals surface area contributed by atoms with E-state index in [1.54, 1.807) is 0 Å². The Morgan fingerprint density at radius 3 is 1.16 bits per heavy atom. The lowest BCUT2D eigenvalue weighted by molar-refractivity contribution is 1.28. The zero-order valence-electron chi connectivity index (χ0n) is 40.2. The molecule has 0 unspecified atom stereocenters. The second-order valence-electron chi connectivity index (χ2n) is 20.1. The lowest BCUT2D eigenvalue weighted by Gasteiger charge is -2.31. The molecule has 69 heavy (non-hydrogen) atoms. The van der Waals surface area contributed by atoms with Crippen LogP contribution in [0.4, 0.5) is 34.1 Å². The van der Waals surface area contributed by atoms with Crippen LogP contribution in [-0.2, 0) is 0 Å². The third-order valence-electron chi connectivity index (χ3n) is 14.3. The van der Waals surface area contributed by atoms with Gasteiger partial charge >= 0.3 is 0 Å². The standard InChI is InChI=1S/C66H54N2Si/c1-43-21-27-52(28-22-43)67(54-19-11-13-44(2)37-54)63-41-61(50-25-23-46-15-7-9-17-48(46)39-50)57-34-36-60-64(68(55-20-12-14-45(3)38-55)53-29-31-56(32-30-53)69(4,5)6)42-62(58-33-35-59(63)65(57)66(58)60)51-26-24-47-16-8-10-18-49(47)40-51/h7-42H,1-6H3. The number of hydrogen-bond acceptors (Lipinski definition) is 2. The van der Waals surface area contributed by atoms with Gasteiger partial charge in [0.2, 0.25) is 0 Å². The summed E-state index contributed by atoms with van der Waals surface area (Å²) in [4.78, 5) is 4.99. The maximum atomic E-state index is 2.51. The Labute approximate surface area is 406 Å². The first-order valence-electron chi connectivity index (χ1n) is 24.2. The molecule has 0 atom stereocenters. The van der Waals surface area contributed by atoms with Gasteiger partial charge in [-0.1, -0.05) is 176 Å². The molecule has 2 nitrogen and oxygen atoms in total. The first-order chi connectivity index (χ1) is 33.6. The molecule has 0 amide bonds. The summed E-state index contributed by atoms with van der Waals surface area (Å²) >= 11 is 0. The summed E-state index contributed by atoms with van der Waals surface area (Å²) in [5, 5.41) is 13.8. The summed E-state index contributed by atoms with van der Waals surface area (Å²) in [5.41, 5.74) is 15.3. The van der Waals surface area contributed by atoms with Crippen LogP contribution in [0.25, 0.3) is 76.1 Å². The second-order valence-corrected chi connectivity index (χ2v) is 25.1. The fourth-order valence-electron chi connectivity index (χ4n) is 10.7. The van der Waals surface area contributed by atoms with E-state index >= 15 is 0 Å². The predicted octanol–water partition coefficient (Wildman–Crippen LogP) is 18.6. The van der Waals surface area contributed by atoms with Gasteiger partial charge in [-0.3, -0.25) is 0 Å². The minimum Gasteiger partial charge on any atom is -0.310 e. The molecule has 0 heterocycles. The summed E-state index contributed by atoms with van der Waals surface area (Å²) in [5.74, 6) is 0. The third kappa shape index (κ3) is 7.51. The maximum absolute atomic E-state index is 2.51. The molecule has 0 aromatic heterocycles. The Bertz CT molecular complexity index is 3920. The fraction of sp³-hybridized carbons (Fsp3) is 0.0909. The molecule has 0 radical (unpaired) electrons. The molecule has 0 aliphatic rings. The molecule has 0 fully saturated rings. The Hall–Kier alpha value is -7.98. The van der Waals surface area contributed by atoms with Gasteiger partial charge in [0.05, 0.1) is 19.4 Å². The number of aryl methyl sites for hydroxylation is 3. The third-order valence-corrected chi connectivity index (χ3v) is 16.3. The molecular formula is C66H54N2Si. The molecule has 0 spiro atoms. The zero-order valence-corrected chi connectivity index (χ0v) is 41.2. The molecule has 0 aliphatic carbocycles. The van der Waals surface area contributed by atoms with Crippen molar-refractivity contribution in [1.29, 1.82) is 0 Å². The highest BCUT2D eigenvalue weighted by Crippen LogP contribution is 2.52. The largest absolute Gasteiger partial charge is 0.310 e. The van der Waals surface area contributed by atoms with E-state index in [0.717, 1.165) is 34.1 Å². The Morgan fingerprint density at radius 1 is 0.304 bits per heavy atom. The van der Waals surface area contributed by atoms with Crippen molar-refractivity contribution in [3.63, 3.8) is 0 Å². The Balaban J connectivity index is 1.25. The number of anilines is 6. The number of nitrogens with zero attached hydrogens (tertiary/aromatic N) is 2. The van der Waals surface area contributed by atoms with E-state index < -0.39 is 8.07 Å². The van der Waals surface area contributed by atoms with Crippen LogP contribution in [0.3, 0.4) is 0 Å². The van der Waals surface area contributed by atoms with Crippen LogP contribution in [0.2, 0.25) is 19.6 Å². The monoisotopic (exact) mass is 902 g/mol. The highest BCUT2D eigenvalue weighted by atomic mass is 28.3. The van der Waals surface area contributed by atoms with Gasteiger partial charge in [-0.15, -0.1) is 0 Å². The van der Waals surface area contributed by atoms with Gasteiger partial charge in [0.1, 0.15) is 0 Å². The van der Waals surface area contributed by atoms with Gasteiger partial charge in [0.15, 0.2) is 0 Å². The summed E-state index contributed by atoms with van der Waals surface area (Å²) in [7, 11) is -1.56. The quantitative estimate of drug-likeness (QED) is 0.105. The molecule has 0 N–H and O–H groups in total. The number of rotatable bonds is 9. The predicted molar refractivity (Wildman–Crippen MR) is 303 cm³/mol. The molecule has 12 aromatic rings. The van der Waals surface area contributed by atoms with E-state index in [1.165, 1.54) is 98.0 Å². The van der Waals surface area contributed by atoms with Gasteiger partial charge in [-0.05, 0) is 159 Å². The molecule has 0 bridgehead atoms. The van der Waals surface area contributed by atoms with Crippen LogP contribution in [-0.4, -0.2) is 8.07 Å². The lowest BCUT2D eigenvalue weighted by atomic mass is 9.84. The average molecular weight is 903 g/mol. The summed E-state index contributed by atoms with van der Waals surface area (Å²) < 4.78 is 0. The smallest absolute Gasteiger partial charge is 0.0775 e. The first kappa shape index (κ1) is 42.4. The normalized spacial score (nSPS) is 11.9. The topological polar surface area (TPSA) is 6.48 Å². The molecule has 3 heteroatoms. The summed E-state index contributed by atoms with van der Waals surface area (Å²) in [6.45, 7) is 13.8. The summed E-state index contributed by atoms with van der Waals surface area (Å²) in [6.07, 6.45) is 0. The van der Waals surface area contributed by atoms with Crippen molar-refractivity contribution in [1.82, 2.24) is 0 Å². The molecule has 0 saturated heterocycles. The SMILES string of the molecule is Cc1ccc(N(c2cccc(C)c2)c2cc(-c3ccc4ccccc4c3)c3ccc4c(N(c5ccc([Si](C)(C)C)cc5)c5cccc(C)c5)cc(-c5ccc6ccccc6c5)c5ccc2c3c54)cc1. The van der Waals surface area contributed by atoms with E-state index in [1.807, 2.05) is 0 Å². The molecule has 12 aromatic carbocycles. The van der Waals surface area contributed by atoms with Crippen molar-refractivity contribution >= 4 is 101 Å². The maximum Gasteiger partial charge on any atom is 0.0775 e. The second kappa shape index (κ2) is 16.7. The van der Waals surface area contributed by atoms with Crippen molar-refractivity contribution in [2.45, 2.75) is 40.4 Å². The Kier molecular flexibility index (Phi) is 10.2. The summed E-state index contributed by atoms with van der Waals surface area (Å²) in [6, 6.07) is 82.3. The van der Waals surface area contributed by atoms with Gasteiger partial charge in [-0.2, -0.15) is 0 Å². The van der Waals surface area contributed by atoms with E-state index in [2.05, 4.69) is 269 Å². The number of hydrogen-bond donors (Lipinski definition) is 0. The van der Waals surface area contributed by atoms with Crippen molar-refractivity contribution in [3.8, 4) is 22.3 Å². The lowest BCUT2D eigenvalue weighted by Crippen LogP contribution is -2.37. The highest BCUT2D eigenvalue weighted by molar-refractivity contribution is 6.88. The van der Waals surface area contributed by atoms with Crippen LogP contribution >= 0.6 is 0 Å². The molecule has 12 rings (SSSR count). The zero-order chi connectivity index (χ0) is 47.0. The molecule has 0 saturated carbocycles. The molecule has 332 valence electrons. The van der Waals surface area contributed by atoms with Crippen LogP contribution in [0.5, 0.6) is 0 Å². The van der Waals surface area contributed by atoms with Gasteiger partial charge in [-0.25, -0.2) is 0 Å². The van der Waals surface area contributed by atoms with E-state index in [0.29, 0.717) is 0 Å². The van der Waals surface area contributed by atoms with Gasteiger partial charge < -0.3 is 9.80 Å². The van der Waals surface area contributed by atoms with E-state index in [4.69, 9.17) is 0 Å². The highest BCUT2D eigenvalue weighted by Gasteiger charge is 2.27. The minimum absolute atomic E-state index is 1.12. The average Bonchev–Trinajstić information content (AvgIpc) is 3.36. The van der Waals surface area contributed by atoms with Crippen molar-refractivity contribution in [3.05, 3.63) is 235 Å². The first-order valence-corrected chi connectivity index (χ1v) is 27.7. The van der Waals surface area contributed by atoms with Crippen LogP contribution in [0.15, 0.2) is 218 Å². The van der Waals surface area contributed by atoms with E-state index in [-0.39, 0.29) is 0 Å². The van der Waals surface area contributed by atoms with Crippen molar-refractivity contribution < 1.29 is 0 Å². The van der Waals surface area contributed by atoms with Crippen LogP contribution in [0, 0.1) is 20.8 Å². The van der Waals surface area contributed by atoms with Crippen molar-refractivity contribution in [2.75, 3.05) is 9.80 Å². The van der Waals surface area contributed by atoms with Gasteiger partial charge in [0, 0.05) is 44.3 Å². The van der Waals surface area contributed by atoms with Gasteiger partial charge in [0.25, 0.3) is 0 Å². The van der Waals surface area contributed by atoms with E-state index in [9.17, 15) is 0 Å². The fourth-order valence-corrected chi connectivity index (χ4v) is 11.9. The van der Waals surface area contributed by atoms with Crippen LogP contribution in [0.1, 0.15) is 16.7 Å². The number of fused-ring (bicyclic) bond motifs is 2. The Morgan fingerprint density at radius 2 is 0.725 bits per heavy atom. The van der Waals surface area contributed by atoms with Crippen LogP contribution < -0.4 is 15.0 Å². The van der Waals surface area contributed by atoms with Crippen molar-refractivity contribution in [2.24, 2.45) is 0 Å². The minimum atomic E-state index is -1.56. The molecule has 0 aliphatic heterocycles. The molecular weight excluding hydrogens is 849 g/mol.